The molecule has 0 aromatic carbocycles. The van der Waals surface area contributed by atoms with Crippen molar-refractivity contribution in [2.45, 2.75) is 259 Å². The normalized spacial score (nSPS) is 12.6. The first-order valence-electron chi connectivity index (χ1n) is 26.0. The zero-order chi connectivity index (χ0) is 42.9. The lowest BCUT2D eigenvalue weighted by Gasteiger charge is -2.22. The average Bonchev–Trinajstić information content (AvgIpc) is 3.65. The van der Waals surface area contributed by atoms with Gasteiger partial charge in [0.15, 0.2) is 0 Å². The van der Waals surface area contributed by atoms with Crippen LogP contribution in [0.5, 0.6) is 0 Å². The summed E-state index contributed by atoms with van der Waals surface area (Å²) >= 11 is 0. The number of aromatic nitrogens is 2. The maximum Gasteiger partial charge on any atom is 0.308 e. The molecule has 346 valence electrons. The van der Waals surface area contributed by atoms with Crippen LogP contribution in [0, 0.1) is 18.8 Å². The standard InChI is InChI=1S/C52H99N3O4/c1-6-10-14-17-19-22-29-38-49(36-13-9-4)51(56)58-47-35-26-24-31-42-54(43-32-33-44-55-45-40-53-48(55)5)41-30-23-20-25-34-46-59-52(57)50(37-27-16-12-8-3)39-28-21-18-15-11-7-2/h40,45,49-50H,6-39,41-44,46-47H2,1-5H3. The quantitative estimate of drug-likeness (QED) is 0.0481. The maximum absolute atomic E-state index is 13.0. The Morgan fingerprint density at radius 2 is 0.847 bits per heavy atom. The van der Waals surface area contributed by atoms with Gasteiger partial charge in [0.1, 0.15) is 5.82 Å². The Labute approximate surface area is 366 Å². The second-order valence-corrected chi connectivity index (χ2v) is 18.1. The predicted molar refractivity (Wildman–Crippen MR) is 252 cm³/mol. The number of carbonyl (C=O) groups excluding carboxylic acids is 2. The third-order valence-electron chi connectivity index (χ3n) is 12.6. The van der Waals surface area contributed by atoms with Crippen LogP contribution in [0.15, 0.2) is 12.4 Å². The minimum Gasteiger partial charge on any atom is -0.465 e. The summed E-state index contributed by atoms with van der Waals surface area (Å²) in [6.07, 6.45) is 44.5. The number of hydrogen-bond donors (Lipinski definition) is 0. The fourth-order valence-electron chi connectivity index (χ4n) is 8.48. The fourth-order valence-corrected chi connectivity index (χ4v) is 8.48. The van der Waals surface area contributed by atoms with Gasteiger partial charge in [-0.2, -0.15) is 0 Å². The smallest absolute Gasteiger partial charge is 0.308 e. The van der Waals surface area contributed by atoms with Crippen LogP contribution in [0.25, 0.3) is 0 Å². The molecule has 7 nitrogen and oxygen atoms in total. The molecule has 1 rings (SSSR count). The van der Waals surface area contributed by atoms with Crippen LogP contribution in [-0.4, -0.2) is 59.2 Å². The summed E-state index contributed by atoms with van der Waals surface area (Å²) in [5, 5.41) is 0. The summed E-state index contributed by atoms with van der Waals surface area (Å²) in [7, 11) is 0. The average molecular weight is 830 g/mol. The first-order valence-corrected chi connectivity index (χ1v) is 26.0. The van der Waals surface area contributed by atoms with E-state index in [-0.39, 0.29) is 23.8 Å². The molecular formula is C52H99N3O4. The summed E-state index contributed by atoms with van der Waals surface area (Å²) < 4.78 is 14.0. The Balaban J connectivity index is 2.37. The lowest BCUT2D eigenvalue weighted by atomic mass is 9.94. The Hall–Kier alpha value is -1.89. The van der Waals surface area contributed by atoms with Crippen LogP contribution < -0.4 is 0 Å². The largest absolute Gasteiger partial charge is 0.465 e. The number of aryl methyl sites for hydroxylation is 2. The molecule has 59 heavy (non-hydrogen) atoms. The third kappa shape index (κ3) is 32.5. The molecule has 7 heteroatoms. The minimum atomic E-state index is 0.0584. The Kier molecular flexibility index (Phi) is 38.7. The van der Waals surface area contributed by atoms with Crippen molar-refractivity contribution in [2.24, 2.45) is 11.8 Å². The van der Waals surface area contributed by atoms with Gasteiger partial charge in [-0.3, -0.25) is 9.59 Å². The second-order valence-electron chi connectivity index (χ2n) is 18.1. The molecule has 0 spiro atoms. The van der Waals surface area contributed by atoms with E-state index in [2.05, 4.69) is 55.3 Å². The van der Waals surface area contributed by atoms with Crippen molar-refractivity contribution >= 4 is 11.9 Å². The fraction of sp³-hybridized carbons (Fsp3) is 0.904. The molecule has 2 atom stereocenters. The first-order chi connectivity index (χ1) is 29.0. The van der Waals surface area contributed by atoms with E-state index in [1.807, 2.05) is 6.20 Å². The molecular weight excluding hydrogens is 731 g/mol. The molecule has 0 saturated heterocycles. The van der Waals surface area contributed by atoms with E-state index in [0.717, 1.165) is 115 Å². The molecule has 0 aliphatic heterocycles. The molecule has 0 amide bonds. The highest BCUT2D eigenvalue weighted by Gasteiger charge is 2.20. The molecule has 0 radical (unpaired) electrons. The summed E-state index contributed by atoms with van der Waals surface area (Å²) in [6, 6.07) is 0. The molecule has 1 heterocycles. The zero-order valence-corrected chi connectivity index (χ0v) is 40.1. The van der Waals surface area contributed by atoms with E-state index in [9.17, 15) is 9.59 Å². The number of esters is 2. The van der Waals surface area contributed by atoms with E-state index in [1.165, 1.54) is 135 Å². The lowest BCUT2D eigenvalue weighted by molar-refractivity contribution is -0.150. The number of carbonyl (C=O) groups is 2. The molecule has 0 aliphatic rings. The van der Waals surface area contributed by atoms with Gasteiger partial charge in [0, 0.05) is 18.9 Å². The van der Waals surface area contributed by atoms with Gasteiger partial charge in [-0.05, 0) is 90.8 Å². The summed E-state index contributed by atoms with van der Waals surface area (Å²) in [6.45, 7) is 16.7. The van der Waals surface area contributed by atoms with Crippen molar-refractivity contribution in [3.05, 3.63) is 18.2 Å². The van der Waals surface area contributed by atoms with Crippen LogP contribution >= 0.6 is 0 Å². The number of imidazole rings is 1. The molecule has 0 fully saturated rings. The van der Waals surface area contributed by atoms with Crippen LogP contribution in [0.3, 0.4) is 0 Å². The van der Waals surface area contributed by atoms with E-state index in [1.54, 1.807) is 0 Å². The van der Waals surface area contributed by atoms with E-state index in [0.29, 0.717) is 13.2 Å². The van der Waals surface area contributed by atoms with Crippen molar-refractivity contribution in [3.63, 3.8) is 0 Å². The van der Waals surface area contributed by atoms with Crippen molar-refractivity contribution < 1.29 is 19.1 Å². The van der Waals surface area contributed by atoms with Gasteiger partial charge in [0.25, 0.3) is 0 Å². The minimum absolute atomic E-state index is 0.0584. The van der Waals surface area contributed by atoms with Gasteiger partial charge in [0.2, 0.25) is 0 Å². The Bertz CT molecular complexity index is 1060. The van der Waals surface area contributed by atoms with Crippen LogP contribution in [0.1, 0.15) is 252 Å². The van der Waals surface area contributed by atoms with Crippen LogP contribution in [-0.2, 0) is 25.6 Å². The SMILES string of the molecule is CCCCCCCCCC(CCCC)C(=O)OCCCCCCN(CCCCCCCOC(=O)C(CCCCCC)CCCCCCCC)CCCCn1ccnc1C. The van der Waals surface area contributed by atoms with Crippen molar-refractivity contribution in [3.8, 4) is 0 Å². The number of rotatable bonds is 45. The Morgan fingerprint density at radius 3 is 1.27 bits per heavy atom. The van der Waals surface area contributed by atoms with Crippen molar-refractivity contribution in [1.82, 2.24) is 14.5 Å². The van der Waals surface area contributed by atoms with E-state index < -0.39 is 0 Å². The van der Waals surface area contributed by atoms with Gasteiger partial charge < -0.3 is 18.9 Å². The molecule has 0 saturated carbocycles. The highest BCUT2D eigenvalue weighted by Crippen LogP contribution is 2.22. The van der Waals surface area contributed by atoms with E-state index in [4.69, 9.17) is 9.47 Å². The highest BCUT2D eigenvalue weighted by molar-refractivity contribution is 5.72. The molecule has 2 unspecified atom stereocenters. The van der Waals surface area contributed by atoms with Gasteiger partial charge in [-0.15, -0.1) is 0 Å². The summed E-state index contributed by atoms with van der Waals surface area (Å²) in [5.74, 6) is 1.42. The third-order valence-corrected chi connectivity index (χ3v) is 12.6. The molecule has 1 aromatic rings. The Morgan fingerprint density at radius 1 is 0.492 bits per heavy atom. The van der Waals surface area contributed by atoms with E-state index >= 15 is 0 Å². The lowest BCUT2D eigenvalue weighted by Crippen LogP contribution is -2.27. The number of nitrogens with zero attached hydrogens (tertiary/aromatic N) is 3. The van der Waals surface area contributed by atoms with Crippen LogP contribution in [0.2, 0.25) is 0 Å². The molecule has 0 aliphatic carbocycles. The monoisotopic (exact) mass is 830 g/mol. The second kappa shape index (κ2) is 41.5. The predicted octanol–water partition coefficient (Wildman–Crippen LogP) is 15.2. The van der Waals surface area contributed by atoms with Gasteiger partial charge in [0.05, 0.1) is 25.0 Å². The molecule has 0 N–H and O–H groups in total. The number of unbranched alkanes of at least 4 members (excludes halogenated alkanes) is 23. The topological polar surface area (TPSA) is 73.7 Å². The van der Waals surface area contributed by atoms with Crippen molar-refractivity contribution in [2.75, 3.05) is 32.8 Å². The van der Waals surface area contributed by atoms with Gasteiger partial charge >= 0.3 is 11.9 Å². The first kappa shape index (κ1) is 55.1. The highest BCUT2D eigenvalue weighted by atomic mass is 16.5. The zero-order valence-electron chi connectivity index (χ0n) is 40.1. The molecule has 0 bridgehead atoms. The summed E-state index contributed by atoms with van der Waals surface area (Å²) in [4.78, 5) is 33.1. The van der Waals surface area contributed by atoms with Crippen molar-refractivity contribution in [1.29, 1.82) is 0 Å². The van der Waals surface area contributed by atoms with Crippen LogP contribution in [0.4, 0.5) is 0 Å². The maximum atomic E-state index is 13.0. The molecule has 1 aromatic heterocycles. The van der Waals surface area contributed by atoms with Gasteiger partial charge in [-0.25, -0.2) is 4.98 Å². The number of ether oxygens (including phenoxy) is 2. The summed E-state index contributed by atoms with van der Waals surface area (Å²) in [5.41, 5.74) is 0. The van der Waals surface area contributed by atoms with Gasteiger partial charge in [-0.1, -0.05) is 182 Å². The number of hydrogen-bond acceptors (Lipinski definition) is 6.